The van der Waals surface area contributed by atoms with E-state index in [2.05, 4.69) is 21.8 Å². The molecule has 1 fully saturated rings. The Morgan fingerprint density at radius 3 is 3.09 bits per heavy atom. The van der Waals surface area contributed by atoms with Crippen LogP contribution in [0.15, 0.2) is 9.59 Å². The van der Waals surface area contributed by atoms with Crippen molar-refractivity contribution in [2.45, 2.75) is 18.1 Å². The van der Waals surface area contributed by atoms with E-state index in [9.17, 15) is 9.59 Å². The normalized spacial score (nSPS) is 21.0. The molecular formula is C12H12N4O4S2. The lowest BCUT2D eigenvalue weighted by molar-refractivity contribution is 0.0226. The number of thioether (sulfide) groups is 1. The molecule has 0 unspecified atom stereocenters. The van der Waals surface area contributed by atoms with Gasteiger partial charge in [-0.3, -0.25) is 19.1 Å². The van der Waals surface area contributed by atoms with E-state index in [-0.39, 0.29) is 33.2 Å². The monoisotopic (exact) mass is 340 g/mol. The Morgan fingerprint density at radius 2 is 2.32 bits per heavy atom. The van der Waals surface area contributed by atoms with Crippen LogP contribution in [-0.4, -0.2) is 37.4 Å². The summed E-state index contributed by atoms with van der Waals surface area (Å²) in [4.78, 5) is 30.1. The molecule has 0 saturated carbocycles. The molecule has 10 heteroatoms. The van der Waals surface area contributed by atoms with Crippen molar-refractivity contribution in [3.63, 3.8) is 0 Å². The summed E-state index contributed by atoms with van der Waals surface area (Å²) < 4.78 is 7.37. The number of nitrogens with one attached hydrogen (secondary N) is 1. The molecule has 1 aliphatic rings. The van der Waals surface area contributed by atoms with E-state index in [0.29, 0.717) is 12.2 Å². The minimum absolute atomic E-state index is 0.0416. The van der Waals surface area contributed by atoms with Crippen molar-refractivity contribution < 1.29 is 9.84 Å². The topological polar surface area (TPSA) is 123 Å². The highest BCUT2D eigenvalue weighted by atomic mass is 32.2. The van der Waals surface area contributed by atoms with E-state index >= 15 is 0 Å². The largest absolute Gasteiger partial charge is 0.384 e. The summed E-state index contributed by atoms with van der Waals surface area (Å²) >= 11 is 2.34. The fourth-order valence-electron chi connectivity index (χ4n) is 2.10. The lowest BCUT2D eigenvalue weighted by atomic mass is 10.4. The second-order valence-corrected chi connectivity index (χ2v) is 6.57. The third kappa shape index (κ3) is 2.76. The van der Waals surface area contributed by atoms with Gasteiger partial charge in [-0.2, -0.15) is 4.98 Å². The zero-order chi connectivity index (χ0) is 15.7. The van der Waals surface area contributed by atoms with Gasteiger partial charge in [0.2, 0.25) is 5.95 Å². The maximum absolute atomic E-state index is 12.2. The summed E-state index contributed by atoms with van der Waals surface area (Å²) in [5, 5.41) is 8.63. The molecule has 0 spiro atoms. The van der Waals surface area contributed by atoms with Crippen LogP contribution in [0, 0.1) is 11.8 Å². The number of ether oxygens (including phenoxy) is 1. The van der Waals surface area contributed by atoms with Gasteiger partial charge in [0.05, 0.1) is 0 Å². The molecule has 8 nitrogen and oxygen atoms in total. The predicted molar refractivity (Wildman–Crippen MR) is 84.8 cm³/mol. The van der Waals surface area contributed by atoms with Crippen LogP contribution in [0.1, 0.15) is 12.6 Å². The number of rotatable bonds is 2. The maximum atomic E-state index is 12.2. The van der Waals surface area contributed by atoms with Crippen LogP contribution >= 0.6 is 23.1 Å². The standard InChI is InChI=1S/C12H12N4O4S2/c13-11-14-9-8(10(18)15-11)22-12(19)16(9)6-5-21-7(20-6)3-1-2-4-17/h6-7,17H,3-5H2,(H3,13,14,15,18)/t6-,7+/m1/s1. The number of hydrogen-bond donors (Lipinski definition) is 3. The molecule has 0 aliphatic carbocycles. The van der Waals surface area contributed by atoms with Gasteiger partial charge in [0.15, 0.2) is 5.65 Å². The van der Waals surface area contributed by atoms with Crippen molar-refractivity contribution in [1.82, 2.24) is 14.5 Å². The molecule has 0 bridgehead atoms. The Labute approximate surface area is 132 Å². The van der Waals surface area contributed by atoms with E-state index in [0.717, 1.165) is 11.3 Å². The Balaban J connectivity index is 1.93. The summed E-state index contributed by atoms with van der Waals surface area (Å²) in [6.45, 7) is -0.193. The van der Waals surface area contributed by atoms with Crippen molar-refractivity contribution in [3.8, 4) is 11.8 Å². The fourth-order valence-corrected chi connectivity index (χ4v) is 3.97. The maximum Gasteiger partial charge on any atom is 0.311 e. The molecule has 116 valence electrons. The molecule has 22 heavy (non-hydrogen) atoms. The zero-order valence-electron chi connectivity index (χ0n) is 11.2. The first-order valence-corrected chi connectivity index (χ1v) is 8.21. The molecule has 1 saturated heterocycles. The number of aliphatic hydroxyl groups excluding tert-OH is 1. The van der Waals surface area contributed by atoms with Crippen LogP contribution in [0.5, 0.6) is 0 Å². The number of anilines is 1. The van der Waals surface area contributed by atoms with Gasteiger partial charge in [0.1, 0.15) is 23.0 Å². The molecule has 0 amide bonds. The number of nitrogens with two attached hydrogens (primary N) is 1. The lowest BCUT2D eigenvalue weighted by Gasteiger charge is -2.12. The molecule has 1 aliphatic heterocycles. The third-order valence-corrected chi connectivity index (χ3v) is 5.06. The zero-order valence-corrected chi connectivity index (χ0v) is 12.9. The SMILES string of the molecule is Nc1nc2c(sc(=O)n2[C@H]2CS[C@@H](CC#CCO)O2)c(=O)[nH]1. The molecule has 0 radical (unpaired) electrons. The van der Waals surface area contributed by atoms with Crippen LogP contribution in [0.2, 0.25) is 0 Å². The second kappa shape index (κ2) is 6.13. The molecular weight excluding hydrogens is 328 g/mol. The van der Waals surface area contributed by atoms with E-state index in [4.69, 9.17) is 15.6 Å². The average molecular weight is 340 g/mol. The quantitative estimate of drug-likeness (QED) is 0.641. The number of nitrogen functional groups attached to an aromatic ring is 1. The van der Waals surface area contributed by atoms with E-state index in [1.54, 1.807) is 0 Å². The van der Waals surface area contributed by atoms with Crippen molar-refractivity contribution in [2.24, 2.45) is 0 Å². The molecule has 4 N–H and O–H groups in total. The number of hydrogen-bond acceptors (Lipinski definition) is 8. The summed E-state index contributed by atoms with van der Waals surface area (Å²) in [5.74, 6) is 5.85. The number of thiazole rings is 1. The minimum atomic E-state index is -0.513. The second-order valence-electron chi connectivity index (χ2n) is 4.41. The van der Waals surface area contributed by atoms with Gasteiger partial charge in [0.25, 0.3) is 5.56 Å². The number of aromatic nitrogens is 3. The highest BCUT2D eigenvalue weighted by Gasteiger charge is 2.30. The van der Waals surface area contributed by atoms with Crippen LogP contribution in [0.4, 0.5) is 5.95 Å². The first-order valence-electron chi connectivity index (χ1n) is 6.34. The first kappa shape index (κ1) is 15.1. The van der Waals surface area contributed by atoms with E-state index in [1.807, 2.05) is 0 Å². The molecule has 2 aromatic heterocycles. The average Bonchev–Trinajstić information content (AvgIpc) is 3.03. The molecule has 3 heterocycles. The summed E-state index contributed by atoms with van der Waals surface area (Å²) in [6.07, 6.45) is -0.0600. The molecule has 2 aromatic rings. The Bertz CT molecular complexity index is 875. The van der Waals surface area contributed by atoms with Gasteiger partial charge in [-0.25, -0.2) is 0 Å². The van der Waals surface area contributed by atoms with Gasteiger partial charge in [0, 0.05) is 12.2 Å². The minimum Gasteiger partial charge on any atom is -0.384 e. The summed E-state index contributed by atoms with van der Waals surface area (Å²) in [5.41, 5.74) is 5.16. The van der Waals surface area contributed by atoms with Gasteiger partial charge >= 0.3 is 4.87 Å². The highest BCUT2D eigenvalue weighted by molar-refractivity contribution is 8.00. The number of H-pyrrole nitrogens is 1. The Morgan fingerprint density at radius 1 is 1.50 bits per heavy atom. The smallest absolute Gasteiger partial charge is 0.311 e. The lowest BCUT2D eigenvalue weighted by Crippen LogP contribution is -2.22. The van der Waals surface area contributed by atoms with Gasteiger partial charge in [-0.15, -0.1) is 11.8 Å². The van der Waals surface area contributed by atoms with Gasteiger partial charge in [-0.1, -0.05) is 23.2 Å². The van der Waals surface area contributed by atoms with Crippen molar-refractivity contribution >= 4 is 39.4 Å². The third-order valence-electron chi connectivity index (χ3n) is 2.99. The number of nitrogens with zero attached hydrogens (tertiary/aromatic N) is 2. The highest BCUT2D eigenvalue weighted by Crippen LogP contribution is 2.34. The first-order chi connectivity index (χ1) is 10.6. The van der Waals surface area contributed by atoms with Crippen LogP contribution in [0.3, 0.4) is 0 Å². The van der Waals surface area contributed by atoms with Crippen molar-refractivity contribution in [1.29, 1.82) is 0 Å². The van der Waals surface area contributed by atoms with Crippen LogP contribution < -0.4 is 16.2 Å². The fraction of sp³-hybridized carbons (Fsp3) is 0.417. The van der Waals surface area contributed by atoms with Gasteiger partial charge in [-0.05, 0) is 0 Å². The van der Waals surface area contributed by atoms with Crippen LogP contribution in [0.25, 0.3) is 10.3 Å². The summed E-state index contributed by atoms with van der Waals surface area (Å²) in [7, 11) is 0. The predicted octanol–water partition coefficient (Wildman–Crippen LogP) is -0.298. The van der Waals surface area contributed by atoms with E-state index in [1.165, 1.54) is 16.3 Å². The number of fused-ring (bicyclic) bond motifs is 1. The van der Waals surface area contributed by atoms with E-state index < -0.39 is 11.8 Å². The number of aromatic amines is 1. The Kier molecular flexibility index (Phi) is 4.21. The van der Waals surface area contributed by atoms with Crippen molar-refractivity contribution in [3.05, 3.63) is 20.0 Å². The number of aliphatic hydroxyl groups is 1. The van der Waals surface area contributed by atoms with Crippen molar-refractivity contribution in [2.75, 3.05) is 18.1 Å². The Hall–Kier alpha value is -1.80. The molecule has 0 aromatic carbocycles. The van der Waals surface area contributed by atoms with Gasteiger partial charge < -0.3 is 15.6 Å². The summed E-state index contributed by atoms with van der Waals surface area (Å²) in [6, 6.07) is 0. The molecule has 2 atom stereocenters. The van der Waals surface area contributed by atoms with Crippen LogP contribution in [-0.2, 0) is 4.74 Å². The molecule has 3 rings (SSSR count).